The molecule has 0 aromatic carbocycles. The summed E-state index contributed by atoms with van der Waals surface area (Å²) < 4.78 is 14.9. The third-order valence-electron chi connectivity index (χ3n) is 4.99. The predicted molar refractivity (Wildman–Crippen MR) is 108 cm³/mol. The van der Waals surface area contributed by atoms with Gasteiger partial charge in [0, 0.05) is 37.3 Å². The highest BCUT2D eigenvalue weighted by Gasteiger charge is 2.25. The number of rotatable bonds is 4. The molecule has 1 saturated heterocycles. The van der Waals surface area contributed by atoms with Crippen LogP contribution in [0.15, 0.2) is 24.4 Å². The maximum absolute atomic E-state index is 14.9. The lowest BCUT2D eigenvalue weighted by molar-refractivity contribution is 0.385. The van der Waals surface area contributed by atoms with Crippen molar-refractivity contribution in [2.24, 2.45) is 5.92 Å². The monoisotopic (exact) mass is 378 g/mol. The van der Waals surface area contributed by atoms with Crippen LogP contribution in [-0.4, -0.2) is 45.8 Å². The number of hydrogen-bond acceptors (Lipinski definition) is 5. The fraction of sp³-hybridized carbons (Fsp3) is 0.381. The summed E-state index contributed by atoms with van der Waals surface area (Å²) in [5, 5.41) is 11.5. The Hall–Kier alpha value is -2.98. The van der Waals surface area contributed by atoms with Crippen LogP contribution < -0.4 is 10.2 Å². The first-order chi connectivity index (χ1) is 13.6. The highest BCUT2D eigenvalue weighted by atomic mass is 19.1. The molecule has 1 fully saturated rings. The van der Waals surface area contributed by atoms with Gasteiger partial charge in [-0.05, 0) is 30.5 Å². The van der Waals surface area contributed by atoms with Crippen molar-refractivity contribution in [1.82, 2.24) is 25.5 Å². The van der Waals surface area contributed by atoms with Crippen molar-refractivity contribution in [3.05, 3.63) is 35.8 Å². The van der Waals surface area contributed by atoms with Crippen molar-refractivity contribution in [3.63, 3.8) is 0 Å². The van der Waals surface area contributed by atoms with Gasteiger partial charge in [0.2, 0.25) is 0 Å². The Bertz CT molecular complexity index is 1040. The zero-order chi connectivity index (χ0) is 19.7. The van der Waals surface area contributed by atoms with Gasteiger partial charge in [0.05, 0.1) is 11.3 Å². The number of piperazine rings is 1. The zero-order valence-electron chi connectivity index (χ0n) is 16.0. The predicted octanol–water partition coefficient (Wildman–Crippen LogP) is 2.96. The normalized spacial score (nSPS) is 17.2. The molecule has 4 rings (SSSR count). The van der Waals surface area contributed by atoms with E-state index in [1.54, 1.807) is 6.20 Å². The number of terminal acetylenes is 1. The molecule has 0 aliphatic carbocycles. The maximum atomic E-state index is 14.9. The minimum absolute atomic E-state index is 0.308. The third kappa shape index (κ3) is 3.43. The van der Waals surface area contributed by atoms with E-state index in [2.05, 4.69) is 45.3 Å². The molecular weight excluding hydrogens is 355 g/mol. The van der Waals surface area contributed by atoms with E-state index in [4.69, 9.17) is 6.42 Å². The van der Waals surface area contributed by atoms with E-state index < -0.39 is 5.82 Å². The van der Waals surface area contributed by atoms with Crippen LogP contribution >= 0.6 is 0 Å². The van der Waals surface area contributed by atoms with E-state index in [1.807, 2.05) is 17.0 Å². The second kappa shape index (κ2) is 7.56. The van der Waals surface area contributed by atoms with E-state index in [-0.39, 0.29) is 0 Å². The summed E-state index contributed by atoms with van der Waals surface area (Å²) in [5.74, 6) is 3.05. The van der Waals surface area contributed by atoms with Crippen LogP contribution in [0.25, 0.3) is 22.4 Å². The average Bonchev–Trinajstić information content (AvgIpc) is 3.11. The molecule has 4 heterocycles. The topological polar surface area (TPSA) is 69.7 Å². The molecule has 3 aromatic heterocycles. The molecular formula is C21H23FN6. The minimum Gasteiger partial charge on any atom is -0.351 e. The summed E-state index contributed by atoms with van der Waals surface area (Å²) in [4.78, 5) is 10.9. The van der Waals surface area contributed by atoms with E-state index in [0.29, 0.717) is 53.5 Å². The van der Waals surface area contributed by atoms with Gasteiger partial charge >= 0.3 is 0 Å². The van der Waals surface area contributed by atoms with Gasteiger partial charge in [-0.3, -0.25) is 5.10 Å². The van der Waals surface area contributed by atoms with Crippen LogP contribution in [0.2, 0.25) is 0 Å². The number of anilines is 1. The van der Waals surface area contributed by atoms with Crippen LogP contribution in [0.4, 0.5) is 10.2 Å². The Morgan fingerprint density at radius 1 is 1.43 bits per heavy atom. The molecule has 0 amide bonds. The van der Waals surface area contributed by atoms with Gasteiger partial charge in [-0.25, -0.2) is 14.4 Å². The van der Waals surface area contributed by atoms with Crippen LogP contribution in [0.5, 0.6) is 0 Å². The first-order valence-corrected chi connectivity index (χ1v) is 9.51. The lowest BCUT2D eigenvalue weighted by Gasteiger charge is -2.35. The number of halogens is 1. The standard InChI is InChI=1S/C21H23FN6/c1-4-14-11-17(22)21(28-9-8-23-15(12-28)10-13(2)3)25-18(14)19-16-6-5-7-24-20(16)27-26-19/h1,5-7,11,13,15,23H,8-10,12H2,2-3H3,(H,24,26,27)/t15-/m1/s1. The van der Waals surface area contributed by atoms with Crippen LogP contribution in [0, 0.1) is 24.1 Å². The molecule has 0 unspecified atom stereocenters. The number of aromatic nitrogens is 4. The van der Waals surface area contributed by atoms with Gasteiger partial charge in [0.25, 0.3) is 0 Å². The Kier molecular flexibility index (Phi) is 4.97. The number of nitrogens with one attached hydrogen (secondary N) is 2. The number of pyridine rings is 2. The summed E-state index contributed by atoms with van der Waals surface area (Å²) in [6.45, 7) is 6.58. The Labute approximate surface area is 163 Å². The SMILES string of the molecule is C#Cc1cc(F)c(N2CCN[C@H](CC(C)C)C2)nc1-c1[nH]nc2ncccc12. The van der Waals surface area contributed by atoms with Gasteiger partial charge in [0.1, 0.15) is 5.69 Å². The Morgan fingerprint density at radius 2 is 2.29 bits per heavy atom. The Balaban J connectivity index is 1.76. The van der Waals surface area contributed by atoms with Crippen LogP contribution in [0.1, 0.15) is 25.8 Å². The van der Waals surface area contributed by atoms with E-state index in [1.165, 1.54) is 6.07 Å². The van der Waals surface area contributed by atoms with Gasteiger partial charge in [0.15, 0.2) is 17.3 Å². The highest BCUT2D eigenvalue weighted by Crippen LogP contribution is 2.30. The highest BCUT2D eigenvalue weighted by molar-refractivity contribution is 5.91. The molecule has 3 aromatic rings. The van der Waals surface area contributed by atoms with Crippen molar-refractivity contribution in [1.29, 1.82) is 0 Å². The van der Waals surface area contributed by atoms with Crippen LogP contribution in [0.3, 0.4) is 0 Å². The van der Waals surface area contributed by atoms with Crippen molar-refractivity contribution in [2.45, 2.75) is 26.3 Å². The molecule has 0 saturated carbocycles. The van der Waals surface area contributed by atoms with E-state index >= 15 is 0 Å². The van der Waals surface area contributed by atoms with Gasteiger partial charge in [-0.15, -0.1) is 6.42 Å². The molecule has 1 aliphatic rings. The first kappa shape index (κ1) is 18.4. The number of fused-ring (bicyclic) bond motifs is 1. The fourth-order valence-electron chi connectivity index (χ4n) is 3.78. The van der Waals surface area contributed by atoms with Crippen molar-refractivity contribution >= 4 is 16.9 Å². The summed E-state index contributed by atoms with van der Waals surface area (Å²) >= 11 is 0. The molecule has 0 spiro atoms. The first-order valence-electron chi connectivity index (χ1n) is 9.51. The molecule has 6 nitrogen and oxygen atoms in total. The molecule has 2 N–H and O–H groups in total. The number of nitrogens with zero attached hydrogens (tertiary/aromatic N) is 4. The maximum Gasteiger partial charge on any atom is 0.181 e. The third-order valence-corrected chi connectivity index (χ3v) is 4.99. The lowest BCUT2D eigenvalue weighted by Crippen LogP contribution is -2.51. The van der Waals surface area contributed by atoms with Crippen molar-refractivity contribution < 1.29 is 4.39 Å². The molecule has 1 atom stereocenters. The zero-order valence-corrected chi connectivity index (χ0v) is 16.0. The Morgan fingerprint density at radius 3 is 3.07 bits per heavy atom. The quantitative estimate of drug-likeness (QED) is 0.683. The van der Waals surface area contributed by atoms with Gasteiger partial charge < -0.3 is 10.2 Å². The molecule has 0 bridgehead atoms. The van der Waals surface area contributed by atoms with Crippen LogP contribution in [-0.2, 0) is 0 Å². The second-order valence-electron chi connectivity index (χ2n) is 7.53. The number of H-pyrrole nitrogens is 1. The molecule has 0 radical (unpaired) electrons. The lowest BCUT2D eigenvalue weighted by atomic mass is 10.0. The average molecular weight is 378 g/mol. The van der Waals surface area contributed by atoms with Gasteiger partial charge in [-0.2, -0.15) is 5.10 Å². The van der Waals surface area contributed by atoms with Crippen molar-refractivity contribution in [2.75, 3.05) is 24.5 Å². The molecule has 1 aliphatic heterocycles. The van der Waals surface area contributed by atoms with E-state index in [0.717, 1.165) is 18.4 Å². The number of hydrogen-bond donors (Lipinski definition) is 2. The summed E-state index contributed by atoms with van der Waals surface area (Å²) in [6.07, 6.45) is 8.35. The van der Waals surface area contributed by atoms with E-state index in [9.17, 15) is 4.39 Å². The summed E-state index contributed by atoms with van der Waals surface area (Å²) in [5.41, 5.74) is 2.15. The summed E-state index contributed by atoms with van der Waals surface area (Å²) in [7, 11) is 0. The fourth-order valence-corrected chi connectivity index (χ4v) is 3.78. The summed E-state index contributed by atoms with van der Waals surface area (Å²) in [6, 6.07) is 5.42. The number of aromatic amines is 1. The second-order valence-corrected chi connectivity index (χ2v) is 7.53. The minimum atomic E-state index is -0.399. The largest absolute Gasteiger partial charge is 0.351 e. The smallest absolute Gasteiger partial charge is 0.181 e. The molecule has 144 valence electrons. The molecule has 7 heteroatoms. The van der Waals surface area contributed by atoms with Crippen molar-refractivity contribution in [3.8, 4) is 23.7 Å². The van der Waals surface area contributed by atoms with Gasteiger partial charge in [-0.1, -0.05) is 19.8 Å². The molecule has 28 heavy (non-hydrogen) atoms.